The predicted octanol–water partition coefficient (Wildman–Crippen LogP) is 4.39. The number of hydrogen-bond donors (Lipinski definition) is 0. The van der Waals surface area contributed by atoms with Crippen LogP contribution in [-0.2, 0) is 0 Å². The second-order valence-corrected chi connectivity index (χ2v) is 3.08. The molecule has 0 aromatic heterocycles. The Morgan fingerprint density at radius 2 is 1.73 bits per heavy atom. The van der Waals surface area contributed by atoms with Gasteiger partial charge in [-0.3, -0.25) is 0 Å². The van der Waals surface area contributed by atoms with Crippen LogP contribution in [0.4, 0.5) is 0 Å². The molecule has 0 nitrogen and oxygen atoms in total. The van der Waals surface area contributed by atoms with Crippen molar-refractivity contribution in [3.8, 4) is 0 Å². The van der Waals surface area contributed by atoms with Gasteiger partial charge >= 0.3 is 0 Å². The van der Waals surface area contributed by atoms with Gasteiger partial charge in [0, 0.05) is 5.88 Å². The van der Waals surface area contributed by atoms with Gasteiger partial charge in [0.1, 0.15) is 0 Å². The van der Waals surface area contributed by atoms with Crippen LogP contribution in [0.3, 0.4) is 0 Å². The van der Waals surface area contributed by atoms with Gasteiger partial charge < -0.3 is 0 Å². The van der Waals surface area contributed by atoms with Gasteiger partial charge in [0.25, 0.3) is 0 Å². The van der Waals surface area contributed by atoms with E-state index in [9.17, 15) is 0 Å². The van der Waals surface area contributed by atoms with Crippen LogP contribution in [0.25, 0.3) is 0 Å². The summed E-state index contributed by atoms with van der Waals surface area (Å²) in [7, 11) is 0. The van der Waals surface area contributed by atoms with Crippen LogP contribution < -0.4 is 0 Å². The van der Waals surface area contributed by atoms with Crippen molar-refractivity contribution < 1.29 is 0 Å². The van der Waals surface area contributed by atoms with E-state index < -0.39 is 0 Å². The summed E-state index contributed by atoms with van der Waals surface area (Å²) in [5, 5.41) is 0. The molecule has 0 atom stereocenters. The fourth-order valence-electron chi connectivity index (χ4n) is 0.344. The molecule has 0 N–H and O–H groups in total. The number of halogens is 1. The molecule has 0 amide bonds. The van der Waals surface area contributed by atoms with Crippen molar-refractivity contribution in [2.75, 3.05) is 5.88 Å². The van der Waals surface area contributed by atoms with Gasteiger partial charge in [-0.15, -0.1) is 18.2 Å². The molecule has 0 rings (SSSR count). The molecule has 0 spiro atoms. The Morgan fingerprint density at radius 1 is 1.27 bits per heavy atom. The molecule has 0 aliphatic heterocycles. The van der Waals surface area contributed by atoms with Crippen LogP contribution in [0.5, 0.6) is 0 Å². The van der Waals surface area contributed by atoms with Crippen molar-refractivity contribution in [1.29, 1.82) is 0 Å². The van der Waals surface area contributed by atoms with Crippen LogP contribution in [0.1, 0.15) is 46.5 Å². The predicted molar refractivity (Wildman–Crippen MR) is 55.4 cm³/mol. The number of alkyl halides is 1. The maximum Gasteiger partial charge on any atom is 0.0223 e. The van der Waals surface area contributed by atoms with Gasteiger partial charge in [-0.1, -0.05) is 32.3 Å². The molecule has 0 aromatic rings. The lowest BCUT2D eigenvalue weighted by Gasteiger charge is -1.84. The Bertz CT molecular complexity index is 72.9. The number of allylic oxidation sites excluding steroid dienone is 1. The summed E-state index contributed by atoms with van der Waals surface area (Å²) in [4.78, 5) is 0. The van der Waals surface area contributed by atoms with Crippen molar-refractivity contribution in [3.63, 3.8) is 0 Å². The molecular formula is C10H21Cl. The molecular weight excluding hydrogens is 156 g/mol. The average molecular weight is 177 g/mol. The summed E-state index contributed by atoms with van der Waals surface area (Å²) in [6.45, 7) is 9.97. The quantitative estimate of drug-likeness (QED) is 0.339. The maximum absolute atomic E-state index is 5.38. The smallest absolute Gasteiger partial charge is 0.0223 e. The normalized spacial score (nSPS) is 8.36. The second kappa shape index (κ2) is 12.7. The summed E-state index contributed by atoms with van der Waals surface area (Å²) in [5.74, 6) is 0.827. The zero-order chi connectivity index (χ0) is 9.11. The van der Waals surface area contributed by atoms with E-state index in [4.69, 9.17) is 11.6 Å². The number of unbranched alkanes of at least 4 members (excludes halogenated alkanes) is 2. The molecule has 0 aliphatic carbocycles. The highest BCUT2D eigenvalue weighted by Crippen LogP contribution is 1.93. The average Bonchev–Trinajstić information content (AvgIpc) is 2.02. The minimum absolute atomic E-state index is 0.827. The van der Waals surface area contributed by atoms with Crippen LogP contribution in [-0.4, -0.2) is 5.88 Å². The lowest BCUT2D eigenvalue weighted by atomic mass is 10.3. The third-order valence-electron chi connectivity index (χ3n) is 1.34. The minimum atomic E-state index is 0.827. The summed E-state index contributed by atoms with van der Waals surface area (Å²) in [6, 6.07) is 0. The molecule has 0 unspecified atom stereocenters. The fourth-order valence-corrected chi connectivity index (χ4v) is 0.533. The highest BCUT2D eigenvalue weighted by atomic mass is 35.5. The van der Waals surface area contributed by atoms with Crippen LogP contribution in [0.2, 0.25) is 0 Å². The van der Waals surface area contributed by atoms with Gasteiger partial charge in [-0.25, -0.2) is 0 Å². The summed E-state index contributed by atoms with van der Waals surface area (Å²) in [6.07, 6.45) is 4.84. The standard InChI is InChI=1S/C5H11Cl.C5H10/c1-2-3-4-5-6;1-4-5(2)3/h2-5H2,1H3;2,4H2,1,3H3. The first-order chi connectivity index (χ1) is 5.18. The molecule has 0 heterocycles. The fraction of sp³-hybridized carbons (Fsp3) is 0.800. The van der Waals surface area contributed by atoms with E-state index in [-0.39, 0.29) is 0 Å². The molecule has 0 aromatic carbocycles. The Kier molecular flexibility index (Phi) is 15.7. The van der Waals surface area contributed by atoms with Gasteiger partial charge in [-0.05, 0) is 19.8 Å². The first-order valence-corrected chi connectivity index (χ1v) is 4.92. The van der Waals surface area contributed by atoms with Crippen molar-refractivity contribution in [1.82, 2.24) is 0 Å². The Labute approximate surface area is 76.6 Å². The molecule has 0 bridgehead atoms. The summed E-state index contributed by atoms with van der Waals surface area (Å²) >= 11 is 5.38. The third kappa shape index (κ3) is 25.6. The van der Waals surface area contributed by atoms with Crippen LogP contribution in [0, 0.1) is 0 Å². The van der Waals surface area contributed by atoms with Crippen LogP contribution in [0.15, 0.2) is 12.2 Å². The van der Waals surface area contributed by atoms with Crippen LogP contribution >= 0.6 is 11.6 Å². The molecule has 68 valence electrons. The molecule has 0 saturated carbocycles. The van der Waals surface area contributed by atoms with Crippen molar-refractivity contribution >= 4 is 11.6 Å². The second-order valence-electron chi connectivity index (χ2n) is 2.71. The largest absolute Gasteiger partial charge is 0.127 e. The summed E-state index contributed by atoms with van der Waals surface area (Å²) < 4.78 is 0. The minimum Gasteiger partial charge on any atom is -0.127 e. The topological polar surface area (TPSA) is 0 Å². The highest BCUT2D eigenvalue weighted by molar-refractivity contribution is 6.17. The Morgan fingerprint density at radius 3 is 1.82 bits per heavy atom. The van der Waals surface area contributed by atoms with E-state index in [2.05, 4.69) is 20.4 Å². The highest BCUT2D eigenvalue weighted by Gasteiger charge is 1.76. The molecule has 1 heteroatoms. The first-order valence-electron chi connectivity index (χ1n) is 4.39. The van der Waals surface area contributed by atoms with Gasteiger partial charge in [0.05, 0.1) is 0 Å². The maximum atomic E-state index is 5.38. The number of hydrogen-bond acceptors (Lipinski definition) is 0. The lowest BCUT2D eigenvalue weighted by molar-refractivity contribution is 0.776. The molecule has 0 radical (unpaired) electrons. The third-order valence-corrected chi connectivity index (χ3v) is 1.61. The van der Waals surface area contributed by atoms with E-state index in [1.807, 2.05) is 6.92 Å². The van der Waals surface area contributed by atoms with E-state index in [0.717, 1.165) is 12.3 Å². The Balaban J connectivity index is 0. The summed E-state index contributed by atoms with van der Waals surface area (Å²) in [5.41, 5.74) is 1.25. The van der Waals surface area contributed by atoms with E-state index >= 15 is 0 Å². The van der Waals surface area contributed by atoms with Crippen molar-refractivity contribution in [3.05, 3.63) is 12.2 Å². The van der Waals surface area contributed by atoms with Crippen molar-refractivity contribution in [2.45, 2.75) is 46.5 Å². The van der Waals surface area contributed by atoms with Gasteiger partial charge in [-0.2, -0.15) is 0 Å². The van der Waals surface area contributed by atoms with E-state index in [1.165, 1.54) is 24.8 Å². The monoisotopic (exact) mass is 176 g/mol. The Hall–Kier alpha value is 0.0300. The lowest BCUT2D eigenvalue weighted by Crippen LogP contribution is -1.70. The van der Waals surface area contributed by atoms with Gasteiger partial charge in [0.2, 0.25) is 0 Å². The molecule has 11 heavy (non-hydrogen) atoms. The SMILES string of the molecule is C=C(C)CC.CCCCCCl. The van der Waals surface area contributed by atoms with E-state index in [0.29, 0.717) is 0 Å². The molecule has 0 saturated heterocycles. The number of rotatable bonds is 4. The molecule has 0 aliphatic rings. The van der Waals surface area contributed by atoms with Crippen molar-refractivity contribution in [2.24, 2.45) is 0 Å². The van der Waals surface area contributed by atoms with E-state index in [1.54, 1.807) is 0 Å². The zero-order valence-corrected chi connectivity index (χ0v) is 8.88. The molecule has 0 fully saturated rings. The van der Waals surface area contributed by atoms with Gasteiger partial charge in [0.15, 0.2) is 0 Å². The zero-order valence-electron chi connectivity index (χ0n) is 8.12. The first kappa shape index (κ1) is 13.6.